The number of rotatable bonds is 7. The van der Waals surface area contributed by atoms with Crippen LogP contribution in [0.1, 0.15) is 38.2 Å². The van der Waals surface area contributed by atoms with Gasteiger partial charge in [0.25, 0.3) is 0 Å². The maximum absolute atomic E-state index is 11.6. The average Bonchev–Trinajstić information content (AvgIpc) is 3.16. The zero-order valence-corrected chi connectivity index (χ0v) is 12.6. The Morgan fingerprint density at radius 2 is 1.95 bits per heavy atom. The van der Waals surface area contributed by atoms with Gasteiger partial charge in [-0.25, -0.2) is 8.42 Å². The summed E-state index contributed by atoms with van der Waals surface area (Å²) in [6.45, 7) is 2.52. The highest BCUT2D eigenvalue weighted by molar-refractivity contribution is 8.15. The Morgan fingerprint density at radius 1 is 1.32 bits per heavy atom. The second-order valence-electron chi connectivity index (χ2n) is 5.15. The third-order valence-electron chi connectivity index (χ3n) is 3.71. The van der Waals surface area contributed by atoms with E-state index in [1.165, 1.54) is 0 Å². The van der Waals surface area contributed by atoms with Gasteiger partial charge in [-0.05, 0) is 31.2 Å². The second-order valence-corrected chi connectivity index (χ2v) is 8.11. The van der Waals surface area contributed by atoms with E-state index in [1.54, 1.807) is 0 Å². The predicted molar refractivity (Wildman–Crippen MR) is 76.7 cm³/mol. The summed E-state index contributed by atoms with van der Waals surface area (Å²) in [7, 11) is 2.04. The molecule has 0 heterocycles. The van der Waals surface area contributed by atoms with E-state index in [-0.39, 0.29) is 6.10 Å². The largest absolute Gasteiger partial charge is 0.373 e. The van der Waals surface area contributed by atoms with Gasteiger partial charge in [-0.15, -0.1) is 0 Å². The lowest BCUT2D eigenvalue weighted by Gasteiger charge is -2.20. The normalized spacial score (nSPS) is 19.1. The molecule has 1 aliphatic carbocycles. The smallest absolute Gasteiger partial charge is 0.238 e. The van der Waals surface area contributed by atoms with Gasteiger partial charge in [0, 0.05) is 10.7 Å². The molecule has 106 valence electrons. The van der Waals surface area contributed by atoms with Crippen LogP contribution < -0.4 is 0 Å². The van der Waals surface area contributed by atoms with Crippen molar-refractivity contribution in [1.29, 1.82) is 0 Å². The Labute approximate surface area is 119 Å². The molecule has 19 heavy (non-hydrogen) atoms. The van der Waals surface area contributed by atoms with Crippen molar-refractivity contribution < 1.29 is 13.2 Å². The first-order valence-electron chi connectivity index (χ1n) is 6.56. The van der Waals surface area contributed by atoms with E-state index in [1.807, 2.05) is 37.3 Å². The van der Waals surface area contributed by atoms with Crippen molar-refractivity contribution in [3.8, 4) is 0 Å². The molecule has 1 aliphatic rings. The maximum Gasteiger partial charge on any atom is 0.238 e. The van der Waals surface area contributed by atoms with Crippen molar-refractivity contribution in [3.05, 3.63) is 35.9 Å². The van der Waals surface area contributed by atoms with E-state index >= 15 is 0 Å². The number of hydrogen-bond donors (Lipinski definition) is 0. The van der Waals surface area contributed by atoms with Crippen molar-refractivity contribution >= 4 is 19.7 Å². The van der Waals surface area contributed by atoms with Crippen LogP contribution in [0.25, 0.3) is 0 Å². The number of halogens is 1. The summed E-state index contributed by atoms with van der Waals surface area (Å²) in [5.74, 6) is 0. The summed E-state index contributed by atoms with van der Waals surface area (Å²) in [5.41, 5.74) is 1.10. The van der Waals surface area contributed by atoms with E-state index in [0.717, 1.165) is 12.0 Å². The first kappa shape index (κ1) is 14.8. The van der Waals surface area contributed by atoms with Crippen LogP contribution in [0.3, 0.4) is 0 Å². The van der Waals surface area contributed by atoms with E-state index in [2.05, 4.69) is 0 Å². The summed E-state index contributed by atoms with van der Waals surface area (Å²) >= 11 is 0. The van der Waals surface area contributed by atoms with Gasteiger partial charge >= 0.3 is 0 Å². The van der Waals surface area contributed by atoms with Crippen LogP contribution in [-0.2, 0) is 20.4 Å². The van der Waals surface area contributed by atoms with Crippen LogP contribution in [0.15, 0.2) is 30.3 Å². The number of hydrogen-bond acceptors (Lipinski definition) is 3. The first-order valence-corrected chi connectivity index (χ1v) is 8.87. The van der Waals surface area contributed by atoms with Gasteiger partial charge in [0.15, 0.2) is 0 Å². The van der Waals surface area contributed by atoms with E-state index in [4.69, 9.17) is 15.4 Å². The van der Waals surface area contributed by atoms with E-state index < -0.39 is 13.8 Å². The maximum atomic E-state index is 11.6. The third kappa shape index (κ3) is 3.71. The molecular weight excluding hydrogens is 284 g/mol. The Hall–Kier alpha value is -0.580. The fraction of sp³-hybridized carbons (Fsp3) is 0.571. The minimum absolute atomic E-state index is 0.0590. The molecule has 1 fully saturated rings. The molecule has 1 unspecified atom stereocenters. The zero-order chi connectivity index (χ0) is 13.9. The van der Waals surface area contributed by atoms with Crippen molar-refractivity contribution in [3.63, 3.8) is 0 Å². The molecule has 5 heteroatoms. The molecule has 0 spiro atoms. The Balaban J connectivity index is 1.91. The van der Waals surface area contributed by atoms with Gasteiger partial charge < -0.3 is 4.74 Å². The molecule has 0 bridgehead atoms. The van der Waals surface area contributed by atoms with Crippen LogP contribution in [0, 0.1) is 0 Å². The highest BCUT2D eigenvalue weighted by Crippen LogP contribution is 2.49. The van der Waals surface area contributed by atoms with Gasteiger partial charge in [-0.1, -0.05) is 37.3 Å². The van der Waals surface area contributed by atoms with Crippen LogP contribution in [0.5, 0.6) is 0 Å². The van der Waals surface area contributed by atoms with Crippen LogP contribution in [0.4, 0.5) is 0 Å². The topological polar surface area (TPSA) is 43.4 Å². The first-order chi connectivity index (χ1) is 8.97. The molecule has 2 rings (SSSR count). The Morgan fingerprint density at radius 3 is 2.42 bits per heavy atom. The Bertz CT molecular complexity index is 509. The van der Waals surface area contributed by atoms with Gasteiger partial charge in [0.05, 0.1) is 17.5 Å². The monoisotopic (exact) mass is 302 g/mol. The van der Waals surface area contributed by atoms with Crippen LogP contribution in [-0.4, -0.2) is 19.3 Å². The fourth-order valence-corrected chi connectivity index (χ4v) is 3.84. The number of benzene rings is 1. The lowest BCUT2D eigenvalue weighted by atomic mass is 10.1. The highest BCUT2D eigenvalue weighted by atomic mass is 35.7. The molecule has 1 aromatic rings. The molecule has 0 N–H and O–H groups in total. The molecule has 0 radical (unpaired) electrons. The Kier molecular flexibility index (Phi) is 4.54. The lowest BCUT2D eigenvalue weighted by Crippen LogP contribution is -2.26. The van der Waals surface area contributed by atoms with Crippen molar-refractivity contribution in [1.82, 2.24) is 0 Å². The van der Waals surface area contributed by atoms with E-state index in [0.29, 0.717) is 25.9 Å². The molecule has 0 aliphatic heterocycles. The van der Waals surface area contributed by atoms with Gasteiger partial charge in [0.2, 0.25) is 9.05 Å². The standard InChI is InChI=1S/C14H19ClO3S/c1-2-13(10-14(8-9-14)19(15,16)17)18-11-12-6-4-3-5-7-12/h3-7,13H,2,8-11H2,1H3. The van der Waals surface area contributed by atoms with E-state index in [9.17, 15) is 8.42 Å². The summed E-state index contributed by atoms with van der Waals surface area (Å²) < 4.78 is 28.2. The molecular formula is C14H19ClO3S. The number of ether oxygens (including phenoxy) is 1. The van der Waals surface area contributed by atoms with Crippen LogP contribution in [0.2, 0.25) is 0 Å². The molecule has 0 aromatic heterocycles. The summed E-state index contributed by atoms with van der Waals surface area (Å²) in [6.07, 6.45) is 2.55. The summed E-state index contributed by atoms with van der Waals surface area (Å²) in [5, 5.41) is 0. The SMILES string of the molecule is CCC(CC1(S(=O)(=O)Cl)CC1)OCc1ccccc1. The quantitative estimate of drug-likeness (QED) is 0.724. The van der Waals surface area contributed by atoms with Gasteiger partial charge in [-0.2, -0.15) is 0 Å². The minimum Gasteiger partial charge on any atom is -0.373 e. The molecule has 1 aromatic carbocycles. The van der Waals surface area contributed by atoms with Crippen molar-refractivity contribution in [2.24, 2.45) is 0 Å². The fourth-order valence-electron chi connectivity index (χ4n) is 2.21. The molecule has 1 saturated carbocycles. The molecule has 0 amide bonds. The minimum atomic E-state index is -3.49. The molecule has 3 nitrogen and oxygen atoms in total. The predicted octanol–water partition coefficient (Wildman–Crippen LogP) is 3.47. The van der Waals surface area contributed by atoms with Gasteiger partial charge in [0.1, 0.15) is 0 Å². The molecule has 1 atom stereocenters. The van der Waals surface area contributed by atoms with Gasteiger partial charge in [-0.3, -0.25) is 0 Å². The lowest BCUT2D eigenvalue weighted by molar-refractivity contribution is 0.0308. The zero-order valence-electron chi connectivity index (χ0n) is 11.0. The van der Waals surface area contributed by atoms with Crippen LogP contribution >= 0.6 is 10.7 Å². The summed E-state index contributed by atoms with van der Waals surface area (Å²) in [6, 6.07) is 9.88. The summed E-state index contributed by atoms with van der Waals surface area (Å²) in [4.78, 5) is 0. The average molecular weight is 303 g/mol. The molecule has 0 saturated heterocycles. The van der Waals surface area contributed by atoms with Crippen molar-refractivity contribution in [2.75, 3.05) is 0 Å². The highest BCUT2D eigenvalue weighted by Gasteiger charge is 2.54. The third-order valence-corrected chi connectivity index (χ3v) is 6.30. The van der Waals surface area contributed by atoms with Crippen molar-refractivity contribution in [2.45, 2.75) is 50.1 Å². The second kappa shape index (κ2) is 5.81.